The normalized spacial score (nSPS) is 26.2. The predicted molar refractivity (Wildman–Crippen MR) is 103 cm³/mol. The molecule has 2 unspecified atom stereocenters. The highest BCUT2D eigenvalue weighted by atomic mass is 32.2. The smallest absolute Gasteiger partial charge is 0.219 e. The maximum absolute atomic E-state index is 14.7. The summed E-state index contributed by atoms with van der Waals surface area (Å²) < 4.78 is 41.2. The number of rotatable bonds is 3. The highest BCUT2D eigenvalue weighted by Gasteiger charge is 2.36. The first-order valence-corrected chi connectivity index (χ1v) is 11.0. The molecule has 8 heteroatoms. The van der Waals surface area contributed by atoms with Gasteiger partial charge in [-0.15, -0.1) is 0 Å². The molecule has 1 amide bonds. The minimum Gasteiger partial charge on any atom is -0.368 e. The summed E-state index contributed by atoms with van der Waals surface area (Å²) in [6.07, 6.45) is 0.645. The van der Waals surface area contributed by atoms with Crippen LogP contribution in [0.5, 0.6) is 0 Å². The zero-order valence-electron chi connectivity index (χ0n) is 16.2. The summed E-state index contributed by atoms with van der Waals surface area (Å²) in [4.78, 5) is 15.3. The molecular formula is C19H28FN3O3S. The number of carbonyl (C=O) groups is 1. The zero-order valence-corrected chi connectivity index (χ0v) is 17.0. The van der Waals surface area contributed by atoms with Crippen molar-refractivity contribution in [2.45, 2.75) is 39.0 Å². The van der Waals surface area contributed by atoms with Crippen LogP contribution >= 0.6 is 0 Å². The first-order chi connectivity index (χ1) is 12.7. The van der Waals surface area contributed by atoms with E-state index in [0.29, 0.717) is 44.7 Å². The van der Waals surface area contributed by atoms with Crippen LogP contribution in [-0.4, -0.2) is 61.5 Å². The number of anilines is 1. The van der Waals surface area contributed by atoms with Gasteiger partial charge in [0.1, 0.15) is 5.82 Å². The van der Waals surface area contributed by atoms with E-state index in [1.165, 1.54) is 10.4 Å². The lowest BCUT2D eigenvalue weighted by molar-refractivity contribution is -0.129. The first-order valence-electron chi connectivity index (χ1n) is 9.46. The van der Waals surface area contributed by atoms with Crippen LogP contribution in [0.3, 0.4) is 0 Å². The fourth-order valence-electron chi connectivity index (χ4n) is 3.95. The van der Waals surface area contributed by atoms with E-state index in [-0.39, 0.29) is 24.2 Å². The lowest BCUT2D eigenvalue weighted by Crippen LogP contribution is -2.48. The van der Waals surface area contributed by atoms with Crippen molar-refractivity contribution in [1.29, 1.82) is 0 Å². The molecular weight excluding hydrogens is 369 g/mol. The van der Waals surface area contributed by atoms with E-state index in [0.717, 1.165) is 5.69 Å². The van der Waals surface area contributed by atoms with E-state index in [2.05, 4.69) is 0 Å². The molecule has 150 valence electrons. The average Bonchev–Trinajstić information content (AvgIpc) is 2.61. The standard InChI is InChI=1S/C19H28FN3O3S/c1-14-10-15(2)27(25,26)23(12-14)13-17-4-5-18(11-19(17)20)22-8-6-21(7-9-22)16(3)24/h4-5,11,14-15H,6-10,12-13H2,1-3H3. The molecule has 0 aromatic heterocycles. The Labute approximate surface area is 161 Å². The number of benzene rings is 1. The lowest BCUT2D eigenvalue weighted by atomic mass is 10.1. The van der Waals surface area contributed by atoms with Crippen molar-refractivity contribution in [3.8, 4) is 0 Å². The second-order valence-corrected chi connectivity index (χ2v) is 10.1. The van der Waals surface area contributed by atoms with E-state index < -0.39 is 15.3 Å². The van der Waals surface area contributed by atoms with Gasteiger partial charge in [0.2, 0.25) is 15.9 Å². The Hall–Kier alpha value is -1.67. The van der Waals surface area contributed by atoms with Crippen molar-refractivity contribution in [3.63, 3.8) is 0 Å². The Bertz CT molecular complexity index is 806. The van der Waals surface area contributed by atoms with Crippen molar-refractivity contribution < 1.29 is 17.6 Å². The van der Waals surface area contributed by atoms with Crippen molar-refractivity contribution >= 4 is 21.6 Å². The van der Waals surface area contributed by atoms with Gasteiger partial charge in [-0.25, -0.2) is 12.8 Å². The van der Waals surface area contributed by atoms with Crippen molar-refractivity contribution in [2.24, 2.45) is 5.92 Å². The number of hydrogen-bond acceptors (Lipinski definition) is 4. The fraction of sp³-hybridized carbons (Fsp3) is 0.632. The van der Waals surface area contributed by atoms with Gasteiger partial charge in [0.05, 0.1) is 5.25 Å². The third-order valence-corrected chi connectivity index (χ3v) is 7.80. The molecule has 0 N–H and O–H groups in total. The maximum atomic E-state index is 14.7. The van der Waals surface area contributed by atoms with E-state index in [9.17, 15) is 17.6 Å². The highest BCUT2D eigenvalue weighted by Crippen LogP contribution is 2.28. The molecule has 2 saturated heterocycles. The monoisotopic (exact) mass is 397 g/mol. The van der Waals surface area contributed by atoms with Crippen LogP contribution < -0.4 is 4.90 Å². The number of carbonyl (C=O) groups excluding carboxylic acids is 1. The average molecular weight is 398 g/mol. The van der Waals surface area contributed by atoms with E-state index in [1.54, 1.807) is 24.8 Å². The maximum Gasteiger partial charge on any atom is 0.219 e. The summed E-state index contributed by atoms with van der Waals surface area (Å²) in [5.41, 5.74) is 1.16. The Balaban J connectivity index is 1.71. The van der Waals surface area contributed by atoms with Crippen molar-refractivity contribution in [1.82, 2.24) is 9.21 Å². The molecule has 0 saturated carbocycles. The molecule has 1 aromatic carbocycles. The molecule has 0 radical (unpaired) electrons. The topological polar surface area (TPSA) is 60.9 Å². The molecule has 1 aromatic rings. The lowest BCUT2D eigenvalue weighted by Gasteiger charge is -2.36. The van der Waals surface area contributed by atoms with Crippen molar-refractivity contribution in [3.05, 3.63) is 29.6 Å². The van der Waals surface area contributed by atoms with Gasteiger partial charge in [0.25, 0.3) is 0 Å². The number of piperazine rings is 1. The van der Waals surface area contributed by atoms with Gasteiger partial charge in [-0.1, -0.05) is 13.0 Å². The quantitative estimate of drug-likeness (QED) is 0.783. The number of sulfonamides is 1. The summed E-state index contributed by atoms with van der Waals surface area (Å²) in [5.74, 6) is -0.0617. The molecule has 0 spiro atoms. The third kappa shape index (κ3) is 4.27. The molecule has 6 nitrogen and oxygen atoms in total. The number of amides is 1. The van der Waals surface area contributed by atoms with Gasteiger partial charge in [0.15, 0.2) is 0 Å². The van der Waals surface area contributed by atoms with Gasteiger partial charge in [-0.2, -0.15) is 4.31 Å². The van der Waals surface area contributed by atoms with Crippen LogP contribution in [0.15, 0.2) is 18.2 Å². The molecule has 2 atom stereocenters. The second-order valence-electron chi connectivity index (χ2n) is 7.76. The Kier molecular flexibility index (Phi) is 5.76. The summed E-state index contributed by atoms with van der Waals surface area (Å²) in [5, 5.41) is -0.429. The van der Waals surface area contributed by atoms with Crippen LogP contribution in [0, 0.1) is 11.7 Å². The first kappa shape index (κ1) is 20.1. The predicted octanol–water partition coefficient (Wildman–Crippen LogP) is 2.05. The molecule has 0 aliphatic carbocycles. The fourth-order valence-corrected chi connectivity index (χ4v) is 5.82. The number of halogens is 1. The van der Waals surface area contributed by atoms with E-state index >= 15 is 0 Å². The summed E-state index contributed by atoms with van der Waals surface area (Å²) in [7, 11) is -3.38. The van der Waals surface area contributed by atoms with Crippen molar-refractivity contribution in [2.75, 3.05) is 37.6 Å². The molecule has 3 rings (SSSR count). The SMILES string of the molecule is CC(=O)N1CCN(c2ccc(CN3CC(C)CC(C)S3(=O)=O)c(F)c2)CC1. The number of hydrogen-bond donors (Lipinski definition) is 0. The molecule has 2 aliphatic rings. The molecule has 2 fully saturated rings. The second kappa shape index (κ2) is 7.75. The minimum atomic E-state index is -3.38. The zero-order chi connectivity index (χ0) is 19.8. The van der Waals surface area contributed by atoms with E-state index in [1.807, 2.05) is 17.9 Å². The van der Waals surface area contributed by atoms with Gasteiger partial charge in [0, 0.05) is 57.4 Å². The third-order valence-electron chi connectivity index (χ3n) is 5.59. The molecule has 2 aliphatic heterocycles. The largest absolute Gasteiger partial charge is 0.368 e. The van der Waals surface area contributed by atoms with Crippen LogP contribution in [0.1, 0.15) is 32.8 Å². The molecule has 27 heavy (non-hydrogen) atoms. The Morgan fingerprint density at radius 3 is 2.44 bits per heavy atom. The van der Waals surface area contributed by atoms with Crippen LogP contribution in [0.2, 0.25) is 0 Å². The summed E-state index contributed by atoms with van der Waals surface area (Å²) >= 11 is 0. The Morgan fingerprint density at radius 1 is 1.19 bits per heavy atom. The molecule has 0 bridgehead atoms. The van der Waals surface area contributed by atoms with Gasteiger partial charge in [-0.3, -0.25) is 4.79 Å². The summed E-state index contributed by atoms with van der Waals surface area (Å²) in [6.45, 7) is 8.38. The highest BCUT2D eigenvalue weighted by molar-refractivity contribution is 7.89. The van der Waals surface area contributed by atoms with Crippen LogP contribution in [-0.2, 0) is 21.4 Å². The Morgan fingerprint density at radius 2 is 1.85 bits per heavy atom. The number of nitrogens with zero attached hydrogens (tertiary/aromatic N) is 3. The molecule has 2 heterocycles. The summed E-state index contributed by atoms with van der Waals surface area (Å²) in [6, 6.07) is 4.99. The van der Waals surface area contributed by atoms with E-state index in [4.69, 9.17) is 0 Å². The van der Waals surface area contributed by atoms with Crippen LogP contribution in [0.4, 0.5) is 10.1 Å². The van der Waals surface area contributed by atoms with Gasteiger partial charge >= 0.3 is 0 Å². The van der Waals surface area contributed by atoms with Gasteiger partial charge < -0.3 is 9.80 Å². The minimum absolute atomic E-state index is 0.0578. The van der Waals surface area contributed by atoms with Gasteiger partial charge in [-0.05, 0) is 31.4 Å². The van der Waals surface area contributed by atoms with Crippen LogP contribution in [0.25, 0.3) is 0 Å².